The first-order valence-corrected chi connectivity index (χ1v) is 22.6. The number of nitrogens with zero attached hydrogens (tertiary/aromatic N) is 6. The fraction of sp³-hybridized carbons (Fsp3) is 0.609. The first-order chi connectivity index (χ1) is 30.2. The molecule has 9 rings (SSSR count). The molecule has 5 heterocycles. The highest BCUT2D eigenvalue weighted by Gasteiger charge is 2.61. The SMILES string of the molecule is CCC1C(=O)N(C)c2cnc(C3C(OC)=CC=CC3(N)C(=O)NC3(CCO)CC4(CN(C[C@@H]5CCN(c6cc(F)c(C7CCC(=O)NC7=O)c(F)c6)C5)C4)C3)nc2N1C1CCCC1. The Hall–Kier alpha value is -5.00. The van der Waals surface area contributed by atoms with Crippen molar-refractivity contribution in [3.05, 3.63) is 65.3 Å². The van der Waals surface area contributed by atoms with Crippen molar-refractivity contribution in [2.75, 3.05) is 68.2 Å². The Kier molecular flexibility index (Phi) is 11.3. The number of likely N-dealkylation sites (tertiary alicyclic amines) is 1. The number of nitrogens with one attached hydrogen (secondary N) is 2. The molecule has 1 aromatic heterocycles. The lowest BCUT2D eigenvalue weighted by atomic mass is 9.52. The summed E-state index contributed by atoms with van der Waals surface area (Å²) in [6, 6.07) is 2.39. The van der Waals surface area contributed by atoms with Gasteiger partial charge in [0.05, 0.1) is 19.2 Å². The van der Waals surface area contributed by atoms with Crippen LogP contribution in [0.3, 0.4) is 0 Å². The predicted molar refractivity (Wildman–Crippen MR) is 231 cm³/mol. The van der Waals surface area contributed by atoms with E-state index < -0.39 is 52.3 Å². The normalized spacial score (nSPS) is 29.0. The highest BCUT2D eigenvalue weighted by atomic mass is 19.1. The number of halogens is 2. The van der Waals surface area contributed by atoms with E-state index in [0.29, 0.717) is 67.5 Å². The number of ether oxygens (including phenoxy) is 1. The van der Waals surface area contributed by atoms with E-state index in [4.69, 9.17) is 20.4 Å². The second kappa shape index (κ2) is 16.5. The van der Waals surface area contributed by atoms with Gasteiger partial charge in [0.1, 0.15) is 46.4 Å². The van der Waals surface area contributed by atoms with Gasteiger partial charge >= 0.3 is 0 Å². The maximum absolute atomic E-state index is 15.3. The number of carbonyl (C=O) groups is 4. The summed E-state index contributed by atoms with van der Waals surface area (Å²) in [7, 11) is 3.29. The van der Waals surface area contributed by atoms with Crippen LogP contribution in [0.1, 0.15) is 101 Å². The minimum absolute atomic E-state index is 0.00874. The standard InChI is InChI=1S/C46H59F2N9O6/c1-4-33-42(61)54(2)34-20-50-39(52-40(34)57(33)28-8-5-6-9-28)38-35(63-3)10-7-14-46(38,49)43(62)53-45(15-17-58)23-44(24-45)25-55(26-44)21-27-13-16-56(22-27)29-18-31(47)37(32(48)19-29)30-11-12-36(59)51-41(30)60/h7,10,14,18-20,27-28,30,33,38,58H,4-6,8-9,11-13,15-17,21-26,49H2,1-3H3,(H,53,62)(H,51,59,60)/t27-,30?,33?,38?,46?/m0/s1. The third-order valence-corrected chi connectivity index (χ3v) is 15.0. The predicted octanol–water partition coefficient (Wildman–Crippen LogP) is 3.52. The molecule has 3 aliphatic carbocycles. The third kappa shape index (κ3) is 7.56. The number of aliphatic hydroxyl groups is 1. The maximum Gasteiger partial charge on any atom is 0.249 e. The van der Waals surface area contributed by atoms with E-state index in [1.807, 2.05) is 11.8 Å². The number of aromatic nitrogens is 2. The van der Waals surface area contributed by atoms with Crippen LogP contribution in [0, 0.1) is 23.0 Å². The Morgan fingerprint density at radius 3 is 2.49 bits per heavy atom. The van der Waals surface area contributed by atoms with Crippen molar-refractivity contribution in [3.8, 4) is 0 Å². The number of fused-ring (bicyclic) bond motifs is 1. The van der Waals surface area contributed by atoms with Gasteiger partial charge in [-0.3, -0.25) is 24.5 Å². The maximum atomic E-state index is 15.3. The number of allylic oxidation sites excluding steroid dienone is 2. The van der Waals surface area contributed by atoms with Gasteiger partial charge in [0.2, 0.25) is 23.6 Å². The molecule has 2 saturated carbocycles. The van der Waals surface area contributed by atoms with Gasteiger partial charge in [0.25, 0.3) is 0 Å². The molecule has 2 aromatic rings. The molecule has 5 fully saturated rings. The first kappa shape index (κ1) is 43.3. The number of amides is 4. The Labute approximate surface area is 366 Å². The van der Waals surface area contributed by atoms with Crippen LogP contribution in [0.15, 0.2) is 42.3 Å². The Bertz CT molecular complexity index is 2210. The molecule has 338 valence electrons. The van der Waals surface area contributed by atoms with Gasteiger partial charge in [-0.05, 0) is 75.5 Å². The molecule has 4 amide bonds. The molecular weight excluding hydrogens is 813 g/mol. The van der Waals surface area contributed by atoms with Crippen LogP contribution in [0.25, 0.3) is 0 Å². The van der Waals surface area contributed by atoms with Crippen LogP contribution in [0.2, 0.25) is 0 Å². The Balaban J connectivity index is 0.854. The number of benzene rings is 1. The average molecular weight is 872 g/mol. The molecule has 1 aromatic carbocycles. The van der Waals surface area contributed by atoms with Gasteiger partial charge in [0.15, 0.2) is 5.82 Å². The summed E-state index contributed by atoms with van der Waals surface area (Å²) in [6.45, 7) is 5.68. The zero-order chi connectivity index (χ0) is 44.4. The van der Waals surface area contributed by atoms with Gasteiger partial charge in [-0.25, -0.2) is 18.7 Å². The minimum atomic E-state index is -1.63. The molecular formula is C46H59F2N9O6. The largest absolute Gasteiger partial charge is 0.500 e. The molecule has 17 heteroatoms. The van der Waals surface area contributed by atoms with Crippen molar-refractivity contribution in [3.63, 3.8) is 0 Å². The zero-order valence-corrected chi connectivity index (χ0v) is 36.4. The molecule has 4 unspecified atom stereocenters. The number of imide groups is 1. The van der Waals surface area contributed by atoms with Crippen LogP contribution in [0.5, 0.6) is 0 Å². The lowest BCUT2D eigenvalue weighted by Gasteiger charge is -2.65. The molecule has 0 radical (unpaired) electrons. The molecule has 7 aliphatic rings. The number of carbonyl (C=O) groups excluding carboxylic acids is 4. The number of methoxy groups -OCH3 is 1. The smallest absolute Gasteiger partial charge is 0.249 e. The van der Waals surface area contributed by atoms with E-state index in [1.165, 1.54) is 19.2 Å². The molecule has 15 nitrogen and oxygen atoms in total. The highest BCUT2D eigenvalue weighted by Crippen LogP contribution is 2.56. The van der Waals surface area contributed by atoms with Gasteiger partial charge in [-0.2, -0.15) is 0 Å². The van der Waals surface area contributed by atoms with E-state index in [1.54, 1.807) is 36.4 Å². The summed E-state index contributed by atoms with van der Waals surface area (Å²) in [5.74, 6) is -3.28. The third-order valence-electron chi connectivity index (χ3n) is 15.0. The fourth-order valence-corrected chi connectivity index (χ4v) is 12.2. The van der Waals surface area contributed by atoms with Gasteiger partial charge in [0, 0.05) is 81.0 Å². The van der Waals surface area contributed by atoms with Crippen molar-refractivity contribution in [2.45, 2.75) is 113 Å². The van der Waals surface area contributed by atoms with Crippen molar-refractivity contribution >= 4 is 40.8 Å². The fourth-order valence-electron chi connectivity index (χ4n) is 12.2. The van der Waals surface area contributed by atoms with Crippen LogP contribution in [-0.2, 0) is 23.9 Å². The monoisotopic (exact) mass is 871 g/mol. The van der Waals surface area contributed by atoms with E-state index in [2.05, 4.69) is 20.4 Å². The summed E-state index contributed by atoms with van der Waals surface area (Å²) in [4.78, 5) is 70.2. The van der Waals surface area contributed by atoms with Crippen molar-refractivity contribution in [1.29, 1.82) is 0 Å². The van der Waals surface area contributed by atoms with Crippen LogP contribution >= 0.6 is 0 Å². The lowest BCUT2D eigenvalue weighted by Crippen LogP contribution is -2.74. The number of likely N-dealkylation sites (N-methyl/N-ethyl adjacent to an activating group) is 1. The molecule has 63 heavy (non-hydrogen) atoms. The van der Waals surface area contributed by atoms with Crippen LogP contribution in [-0.4, -0.2) is 120 Å². The molecule has 3 saturated heterocycles. The van der Waals surface area contributed by atoms with Crippen LogP contribution in [0.4, 0.5) is 26.0 Å². The average Bonchev–Trinajstić information content (AvgIpc) is 3.94. The number of piperidine rings is 1. The molecule has 0 bridgehead atoms. The molecule has 5 N–H and O–H groups in total. The minimum Gasteiger partial charge on any atom is -0.500 e. The number of anilines is 3. The van der Waals surface area contributed by atoms with E-state index >= 15 is 8.78 Å². The van der Waals surface area contributed by atoms with E-state index in [9.17, 15) is 24.3 Å². The van der Waals surface area contributed by atoms with Gasteiger partial charge in [-0.15, -0.1) is 0 Å². The number of hydrogen-bond acceptors (Lipinski definition) is 12. The lowest BCUT2D eigenvalue weighted by molar-refractivity contribution is -0.146. The van der Waals surface area contributed by atoms with Crippen LogP contribution < -0.4 is 31.1 Å². The second-order valence-corrected chi connectivity index (χ2v) is 19.3. The quantitative estimate of drug-likeness (QED) is 0.228. The topological polar surface area (TPSA) is 187 Å². The summed E-state index contributed by atoms with van der Waals surface area (Å²) in [5, 5.41) is 15.7. The Morgan fingerprint density at radius 1 is 1.10 bits per heavy atom. The van der Waals surface area contributed by atoms with Gasteiger partial charge in [-0.1, -0.05) is 31.9 Å². The molecule has 1 spiro atoms. The summed E-state index contributed by atoms with van der Waals surface area (Å²) >= 11 is 0. The zero-order valence-electron chi connectivity index (χ0n) is 36.4. The second-order valence-electron chi connectivity index (χ2n) is 19.3. The first-order valence-electron chi connectivity index (χ1n) is 22.6. The summed E-state index contributed by atoms with van der Waals surface area (Å²) in [6.07, 6.45) is 14.2. The van der Waals surface area contributed by atoms with Crippen molar-refractivity contribution < 1.29 is 37.8 Å². The summed E-state index contributed by atoms with van der Waals surface area (Å²) < 4.78 is 36.5. The number of nitrogens with two attached hydrogens (primary N) is 1. The van der Waals surface area contributed by atoms with E-state index in [-0.39, 0.29) is 54.3 Å². The molecule has 4 aliphatic heterocycles. The Morgan fingerprint density at radius 2 is 1.83 bits per heavy atom. The van der Waals surface area contributed by atoms with Gasteiger partial charge < -0.3 is 40.5 Å². The number of hydrogen-bond donors (Lipinski definition) is 4. The van der Waals surface area contributed by atoms with Crippen molar-refractivity contribution in [1.82, 2.24) is 25.5 Å². The summed E-state index contributed by atoms with van der Waals surface area (Å²) in [5.41, 5.74) is 5.64. The highest BCUT2D eigenvalue weighted by molar-refractivity contribution is 6.04. The van der Waals surface area contributed by atoms with Crippen molar-refractivity contribution in [2.24, 2.45) is 17.1 Å². The number of aliphatic hydroxyl groups excluding tert-OH is 1. The molecule has 5 atom stereocenters. The number of rotatable bonds is 12. The van der Waals surface area contributed by atoms with E-state index in [0.717, 1.165) is 51.7 Å².